The Morgan fingerprint density at radius 2 is 1.71 bits per heavy atom. The van der Waals surface area contributed by atoms with E-state index in [9.17, 15) is 4.79 Å². The summed E-state index contributed by atoms with van der Waals surface area (Å²) in [4.78, 5) is 16.4. The van der Waals surface area contributed by atoms with Crippen molar-refractivity contribution >= 4 is 40.6 Å². The molecular formula is C15H9NO. The quantitative estimate of drug-likeness (QED) is 0.568. The van der Waals surface area contributed by atoms with Crippen LogP contribution in [0, 0.1) is 0 Å². The molecular weight excluding hydrogens is 210 g/mol. The summed E-state index contributed by atoms with van der Waals surface area (Å²) in [5.74, 6) is 0.156. The molecule has 2 aromatic carbocycles. The number of Topliss-reactive ketones (excluding diaryl/α,β-unsaturated/α-hetero) is 1. The van der Waals surface area contributed by atoms with Crippen molar-refractivity contribution in [3.8, 4) is 0 Å². The lowest BCUT2D eigenvalue weighted by atomic mass is 9.95. The SMILES string of the molecule is O=C1CC=Nc2ccc3c4c(ccc1c24)C=C3. The number of hydrogen-bond acceptors (Lipinski definition) is 2. The van der Waals surface area contributed by atoms with E-state index in [1.807, 2.05) is 18.2 Å². The second kappa shape index (κ2) is 2.92. The lowest BCUT2D eigenvalue weighted by Gasteiger charge is -2.08. The second-order valence-electron chi connectivity index (χ2n) is 4.40. The van der Waals surface area contributed by atoms with E-state index in [4.69, 9.17) is 0 Å². The molecule has 0 fully saturated rings. The number of carbonyl (C=O) groups excluding carboxylic acids is 1. The molecule has 2 aromatic rings. The van der Waals surface area contributed by atoms with Crippen molar-refractivity contribution in [1.29, 1.82) is 0 Å². The Morgan fingerprint density at radius 1 is 0.941 bits per heavy atom. The van der Waals surface area contributed by atoms with Crippen molar-refractivity contribution in [3.63, 3.8) is 0 Å². The van der Waals surface area contributed by atoms with E-state index in [1.165, 1.54) is 16.5 Å². The Kier molecular flexibility index (Phi) is 1.52. The molecule has 0 spiro atoms. The van der Waals surface area contributed by atoms with Crippen LogP contribution >= 0.6 is 0 Å². The molecule has 4 rings (SSSR count). The molecule has 1 aliphatic heterocycles. The summed E-state index contributed by atoms with van der Waals surface area (Å²) in [5, 5.41) is 2.19. The third kappa shape index (κ3) is 1.04. The lowest BCUT2D eigenvalue weighted by Crippen LogP contribution is -1.99. The van der Waals surface area contributed by atoms with Gasteiger partial charge in [0.1, 0.15) is 0 Å². The first-order chi connectivity index (χ1) is 8.34. The third-order valence-corrected chi connectivity index (χ3v) is 3.45. The van der Waals surface area contributed by atoms with Crippen LogP contribution in [0.3, 0.4) is 0 Å². The minimum Gasteiger partial charge on any atom is -0.294 e. The van der Waals surface area contributed by atoms with Gasteiger partial charge in [-0.05, 0) is 22.6 Å². The molecule has 0 aromatic heterocycles. The van der Waals surface area contributed by atoms with Crippen molar-refractivity contribution in [2.45, 2.75) is 6.42 Å². The summed E-state index contributed by atoms with van der Waals surface area (Å²) >= 11 is 0. The summed E-state index contributed by atoms with van der Waals surface area (Å²) in [5.41, 5.74) is 4.09. The van der Waals surface area contributed by atoms with Gasteiger partial charge in [0, 0.05) is 23.6 Å². The van der Waals surface area contributed by atoms with Gasteiger partial charge in [-0.3, -0.25) is 9.79 Å². The number of hydrogen-bond donors (Lipinski definition) is 0. The molecule has 2 aliphatic rings. The van der Waals surface area contributed by atoms with E-state index < -0.39 is 0 Å². The molecule has 0 bridgehead atoms. The Morgan fingerprint density at radius 3 is 2.53 bits per heavy atom. The maximum Gasteiger partial charge on any atom is 0.168 e. The summed E-state index contributed by atoms with van der Waals surface area (Å²) in [6, 6.07) is 8.02. The molecule has 2 heteroatoms. The number of ketones is 1. The number of rotatable bonds is 0. The number of benzene rings is 2. The first kappa shape index (κ1) is 8.88. The van der Waals surface area contributed by atoms with Crippen LogP contribution in [0.15, 0.2) is 29.3 Å². The average molecular weight is 219 g/mol. The normalized spacial score (nSPS) is 15.6. The van der Waals surface area contributed by atoms with Crippen LogP contribution < -0.4 is 0 Å². The number of carbonyl (C=O) groups is 1. The van der Waals surface area contributed by atoms with Crippen LogP contribution in [-0.2, 0) is 0 Å². The molecule has 80 valence electrons. The highest BCUT2D eigenvalue weighted by atomic mass is 16.1. The van der Waals surface area contributed by atoms with Crippen LogP contribution in [0.1, 0.15) is 27.9 Å². The highest BCUT2D eigenvalue weighted by molar-refractivity contribution is 6.21. The minimum absolute atomic E-state index is 0.156. The molecule has 0 unspecified atom stereocenters. The second-order valence-corrected chi connectivity index (χ2v) is 4.40. The molecule has 0 atom stereocenters. The number of nitrogens with zero attached hydrogens (tertiary/aromatic N) is 1. The van der Waals surface area contributed by atoms with Crippen molar-refractivity contribution in [3.05, 3.63) is 41.0 Å². The molecule has 0 N–H and O–H groups in total. The molecule has 2 nitrogen and oxygen atoms in total. The van der Waals surface area contributed by atoms with Gasteiger partial charge in [-0.1, -0.05) is 30.4 Å². The van der Waals surface area contributed by atoms with Gasteiger partial charge in [0.05, 0.1) is 5.69 Å². The maximum absolute atomic E-state index is 12.0. The fourth-order valence-corrected chi connectivity index (χ4v) is 2.67. The van der Waals surface area contributed by atoms with E-state index in [2.05, 4.69) is 23.2 Å². The van der Waals surface area contributed by atoms with Crippen LogP contribution in [0.25, 0.3) is 22.9 Å². The van der Waals surface area contributed by atoms with Crippen LogP contribution in [0.4, 0.5) is 5.69 Å². The smallest absolute Gasteiger partial charge is 0.168 e. The van der Waals surface area contributed by atoms with Gasteiger partial charge in [0.25, 0.3) is 0 Å². The van der Waals surface area contributed by atoms with E-state index >= 15 is 0 Å². The first-order valence-corrected chi connectivity index (χ1v) is 5.68. The van der Waals surface area contributed by atoms with Crippen molar-refractivity contribution in [1.82, 2.24) is 0 Å². The molecule has 1 aliphatic carbocycles. The Bertz CT molecular complexity index is 726. The van der Waals surface area contributed by atoms with Crippen LogP contribution in [0.5, 0.6) is 0 Å². The maximum atomic E-state index is 12.0. The summed E-state index contributed by atoms with van der Waals surface area (Å²) in [6.45, 7) is 0. The molecule has 0 saturated carbocycles. The summed E-state index contributed by atoms with van der Waals surface area (Å²) in [7, 11) is 0. The van der Waals surface area contributed by atoms with Gasteiger partial charge in [-0.25, -0.2) is 0 Å². The van der Waals surface area contributed by atoms with Gasteiger partial charge in [0.2, 0.25) is 0 Å². The topological polar surface area (TPSA) is 29.4 Å². The Labute approximate surface area is 98.3 Å². The van der Waals surface area contributed by atoms with Crippen molar-refractivity contribution in [2.75, 3.05) is 0 Å². The first-order valence-electron chi connectivity index (χ1n) is 5.68. The Hall–Kier alpha value is -2.22. The zero-order chi connectivity index (χ0) is 11.4. The zero-order valence-corrected chi connectivity index (χ0v) is 9.10. The molecule has 0 saturated heterocycles. The predicted molar refractivity (Wildman–Crippen MR) is 70.0 cm³/mol. The number of aliphatic imine (C=N–C) groups is 1. The van der Waals surface area contributed by atoms with Crippen molar-refractivity contribution in [2.24, 2.45) is 4.99 Å². The fourth-order valence-electron chi connectivity index (χ4n) is 2.67. The van der Waals surface area contributed by atoms with Gasteiger partial charge in [0.15, 0.2) is 5.78 Å². The Balaban J connectivity index is 2.30. The minimum atomic E-state index is 0.156. The monoisotopic (exact) mass is 219 g/mol. The standard InChI is InChI=1S/C15H9NO/c17-13-7-8-16-12-6-4-10-2-1-9-3-5-11(13)15(12)14(9)10/h1-6,8H,7H2. The molecule has 17 heavy (non-hydrogen) atoms. The third-order valence-electron chi connectivity index (χ3n) is 3.45. The van der Waals surface area contributed by atoms with Crippen LogP contribution in [0.2, 0.25) is 0 Å². The molecule has 1 heterocycles. The van der Waals surface area contributed by atoms with Gasteiger partial charge in [-0.2, -0.15) is 0 Å². The van der Waals surface area contributed by atoms with Crippen molar-refractivity contribution < 1.29 is 4.79 Å². The van der Waals surface area contributed by atoms with E-state index in [0.29, 0.717) is 6.42 Å². The fraction of sp³-hybridized carbons (Fsp3) is 0.0667. The zero-order valence-electron chi connectivity index (χ0n) is 9.10. The van der Waals surface area contributed by atoms with Gasteiger partial charge < -0.3 is 0 Å². The average Bonchev–Trinajstić information content (AvgIpc) is 2.70. The van der Waals surface area contributed by atoms with Gasteiger partial charge >= 0.3 is 0 Å². The van der Waals surface area contributed by atoms with Crippen LogP contribution in [-0.4, -0.2) is 12.0 Å². The summed E-state index contributed by atoms with van der Waals surface area (Å²) in [6.07, 6.45) is 6.29. The molecule has 0 amide bonds. The predicted octanol–water partition coefficient (Wildman–Crippen LogP) is 3.61. The highest BCUT2D eigenvalue weighted by Gasteiger charge is 2.19. The van der Waals surface area contributed by atoms with E-state index in [-0.39, 0.29) is 5.78 Å². The molecule has 0 radical (unpaired) electrons. The van der Waals surface area contributed by atoms with Gasteiger partial charge in [-0.15, -0.1) is 0 Å². The lowest BCUT2D eigenvalue weighted by molar-refractivity contribution is 0.100. The highest BCUT2D eigenvalue weighted by Crippen LogP contribution is 2.39. The summed E-state index contributed by atoms with van der Waals surface area (Å²) < 4.78 is 0. The van der Waals surface area contributed by atoms with E-state index in [0.717, 1.165) is 16.6 Å². The largest absolute Gasteiger partial charge is 0.294 e. The van der Waals surface area contributed by atoms with E-state index in [1.54, 1.807) is 6.21 Å².